The molecule has 0 amide bonds. The van der Waals surface area contributed by atoms with E-state index in [-0.39, 0.29) is 0 Å². The van der Waals surface area contributed by atoms with Gasteiger partial charge in [-0.2, -0.15) is 4.98 Å². The predicted molar refractivity (Wildman–Crippen MR) is 102 cm³/mol. The molecule has 2 aromatic rings. The van der Waals surface area contributed by atoms with Crippen LogP contribution in [0.1, 0.15) is 18.4 Å². The van der Waals surface area contributed by atoms with Crippen molar-refractivity contribution >= 4 is 11.9 Å². The number of piperidine rings is 1. The minimum atomic E-state index is 0.370. The smallest absolute Gasteiger partial charge is 0.246 e. The zero-order chi connectivity index (χ0) is 18.5. The summed E-state index contributed by atoms with van der Waals surface area (Å²) in [6.45, 7) is 2.90. The quantitative estimate of drug-likeness (QED) is 0.774. The van der Waals surface area contributed by atoms with Crippen molar-refractivity contribution in [3.05, 3.63) is 23.8 Å². The second-order valence-corrected chi connectivity index (χ2v) is 6.66. The van der Waals surface area contributed by atoms with Crippen LogP contribution in [0.25, 0.3) is 0 Å². The first kappa shape index (κ1) is 18.3. The Balaban J connectivity index is 1.49. The first-order valence-corrected chi connectivity index (χ1v) is 8.94. The normalized spacial score (nSPS) is 15.5. The first-order valence-electron chi connectivity index (χ1n) is 8.94. The van der Waals surface area contributed by atoms with E-state index < -0.39 is 0 Å². The predicted octanol–water partition coefficient (Wildman–Crippen LogP) is 1.55. The fourth-order valence-electron chi connectivity index (χ4n) is 3.44. The molecule has 26 heavy (non-hydrogen) atoms. The number of nitrogens with zero attached hydrogens (tertiary/aromatic N) is 4. The third-order valence-electron chi connectivity index (χ3n) is 5.06. The number of H-pyrrole nitrogens is 1. The number of hydrogen-bond donors (Lipinski definition) is 2. The van der Waals surface area contributed by atoms with Gasteiger partial charge < -0.3 is 25.0 Å². The zero-order valence-corrected chi connectivity index (χ0v) is 15.7. The molecule has 1 aliphatic heterocycles. The van der Waals surface area contributed by atoms with Crippen molar-refractivity contribution in [2.45, 2.75) is 25.3 Å². The number of aromatic amines is 1. The lowest BCUT2D eigenvalue weighted by molar-refractivity contribution is 0.209. The molecule has 8 heteroatoms. The van der Waals surface area contributed by atoms with Gasteiger partial charge in [0.1, 0.15) is 0 Å². The third-order valence-corrected chi connectivity index (χ3v) is 5.06. The van der Waals surface area contributed by atoms with Gasteiger partial charge in [-0.1, -0.05) is 6.07 Å². The molecule has 142 valence electrons. The lowest BCUT2D eigenvalue weighted by Gasteiger charge is -2.36. The van der Waals surface area contributed by atoms with Crippen LogP contribution in [0.5, 0.6) is 11.5 Å². The average Bonchev–Trinajstić information content (AvgIpc) is 3.12. The van der Waals surface area contributed by atoms with Gasteiger partial charge in [0.15, 0.2) is 11.5 Å². The van der Waals surface area contributed by atoms with Crippen LogP contribution in [0.15, 0.2) is 18.2 Å². The molecule has 0 atom stereocenters. The fourth-order valence-corrected chi connectivity index (χ4v) is 3.44. The van der Waals surface area contributed by atoms with Crippen molar-refractivity contribution in [3.8, 4) is 11.5 Å². The summed E-state index contributed by atoms with van der Waals surface area (Å²) in [6, 6.07) is 6.70. The molecule has 1 aromatic heterocycles. The molecule has 1 aromatic carbocycles. The van der Waals surface area contributed by atoms with Crippen molar-refractivity contribution in [1.82, 2.24) is 20.1 Å². The highest BCUT2D eigenvalue weighted by atomic mass is 16.5. The molecular formula is C18H28N6O2. The van der Waals surface area contributed by atoms with E-state index in [1.807, 2.05) is 6.07 Å². The maximum Gasteiger partial charge on any atom is 0.246 e. The highest BCUT2D eigenvalue weighted by Crippen LogP contribution is 2.28. The number of nitrogen functional groups attached to an aromatic ring is 1. The van der Waals surface area contributed by atoms with E-state index in [1.165, 1.54) is 5.56 Å². The van der Waals surface area contributed by atoms with Gasteiger partial charge >= 0.3 is 0 Å². The lowest BCUT2D eigenvalue weighted by atomic mass is 10.0. The second-order valence-electron chi connectivity index (χ2n) is 6.66. The molecule has 0 bridgehead atoms. The van der Waals surface area contributed by atoms with Crippen LogP contribution < -0.4 is 20.1 Å². The van der Waals surface area contributed by atoms with Gasteiger partial charge in [-0.3, -0.25) is 0 Å². The topological polar surface area (TPSA) is 92.5 Å². The van der Waals surface area contributed by atoms with Crippen molar-refractivity contribution in [3.63, 3.8) is 0 Å². The second kappa shape index (κ2) is 8.27. The first-order chi connectivity index (χ1) is 12.6. The number of rotatable bonds is 7. The van der Waals surface area contributed by atoms with Crippen LogP contribution in [0.2, 0.25) is 0 Å². The highest BCUT2D eigenvalue weighted by Gasteiger charge is 2.24. The standard InChI is InChI=1S/C18H28N6O2/c1-23(9-6-13-4-5-15(25-2)16(12-13)26-3)14-7-10-24(11-8-14)18-20-17(19)21-22-18/h4-5,12,14H,6-11H2,1-3H3,(H3,19,20,21,22). The Morgan fingerprint density at radius 1 is 1.23 bits per heavy atom. The van der Waals surface area contributed by atoms with Crippen molar-refractivity contribution in [2.75, 3.05) is 51.5 Å². The molecule has 0 spiro atoms. The number of nitrogens with one attached hydrogen (secondary N) is 1. The minimum absolute atomic E-state index is 0.370. The summed E-state index contributed by atoms with van der Waals surface area (Å²) in [5, 5.41) is 6.85. The van der Waals surface area contributed by atoms with Gasteiger partial charge in [-0.05, 0) is 44.0 Å². The maximum atomic E-state index is 5.61. The molecule has 3 rings (SSSR count). The van der Waals surface area contributed by atoms with E-state index in [9.17, 15) is 0 Å². The van der Waals surface area contributed by atoms with Crippen LogP contribution in [0.3, 0.4) is 0 Å². The van der Waals surface area contributed by atoms with Gasteiger partial charge in [0.05, 0.1) is 14.2 Å². The Labute approximate surface area is 154 Å². The summed E-state index contributed by atoms with van der Waals surface area (Å²) in [5.41, 5.74) is 6.87. The number of anilines is 2. The number of nitrogens with two attached hydrogens (primary N) is 1. The minimum Gasteiger partial charge on any atom is -0.493 e. The van der Waals surface area contributed by atoms with Crippen LogP contribution in [0.4, 0.5) is 11.9 Å². The molecule has 0 saturated carbocycles. The summed E-state index contributed by atoms with van der Waals surface area (Å²) in [5.74, 6) is 2.62. The summed E-state index contributed by atoms with van der Waals surface area (Å²) >= 11 is 0. The molecular weight excluding hydrogens is 332 g/mol. The lowest BCUT2D eigenvalue weighted by Crippen LogP contribution is -2.44. The van der Waals surface area contributed by atoms with Crippen LogP contribution in [0, 0.1) is 0 Å². The number of aromatic nitrogens is 3. The largest absolute Gasteiger partial charge is 0.493 e. The summed E-state index contributed by atoms with van der Waals surface area (Å²) in [7, 11) is 5.53. The van der Waals surface area contributed by atoms with E-state index in [0.717, 1.165) is 50.4 Å². The van der Waals surface area contributed by atoms with Gasteiger partial charge in [0.25, 0.3) is 0 Å². The summed E-state index contributed by atoms with van der Waals surface area (Å²) < 4.78 is 10.7. The summed E-state index contributed by atoms with van der Waals surface area (Å²) in [4.78, 5) is 8.84. The number of ether oxygens (including phenoxy) is 2. The van der Waals surface area contributed by atoms with E-state index in [4.69, 9.17) is 15.2 Å². The molecule has 0 aliphatic carbocycles. The van der Waals surface area contributed by atoms with E-state index in [2.05, 4.69) is 44.2 Å². The molecule has 1 saturated heterocycles. The third kappa shape index (κ3) is 4.19. The average molecular weight is 360 g/mol. The van der Waals surface area contributed by atoms with E-state index in [1.54, 1.807) is 14.2 Å². The van der Waals surface area contributed by atoms with Crippen molar-refractivity contribution in [2.24, 2.45) is 0 Å². The van der Waals surface area contributed by atoms with Crippen molar-refractivity contribution < 1.29 is 9.47 Å². The Hall–Kier alpha value is -2.48. The Bertz CT molecular complexity index is 711. The molecule has 1 aliphatic rings. The number of methoxy groups -OCH3 is 2. The van der Waals surface area contributed by atoms with Gasteiger partial charge in [0.2, 0.25) is 11.9 Å². The van der Waals surface area contributed by atoms with Gasteiger partial charge in [-0.25, -0.2) is 5.10 Å². The number of hydrogen-bond acceptors (Lipinski definition) is 7. The highest BCUT2D eigenvalue weighted by molar-refractivity contribution is 5.43. The van der Waals surface area contributed by atoms with E-state index >= 15 is 0 Å². The van der Waals surface area contributed by atoms with Crippen LogP contribution >= 0.6 is 0 Å². The van der Waals surface area contributed by atoms with Gasteiger partial charge in [0, 0.05) is 25.7 Å². The molecule has 1 fully saturated rings. The van der Waals surface area contributed by atoms with Crippen LogP contribution in [-0.2, 0) is 6.42 Å². The Morgan fingerprint density at radius 2 is 1.96 bits per heavy atom. The maximum absolute atomic E-state index is 5.61. The Kier molecular flexibility index (Phi) is 5.82. The molecule has 3 N–H and O–H groups in total. The monoisotopic (exact) mass is 360 g/mol. The molecule has 2 heterocycles. The molecule has 0 radical (unpaired) electrons. The fraction of sp³-hybridized carbons (Fsp3) is 0.556. The zero-order valence-electron chi connectivity index (χ0n) is 15.7. The number of likely N-dealkylation sites (N-methyl/N-ethyl adjacent to an activating group) is 1. The summed E-state index contributed by atoms with van der Waals surface area (Å²) in [6.07, 6.45) is 3.17. The SMILES string of the molecule is COc1ccc(CCN(C)C2CCN(c3n[nH]c(N)n3)CC2)cc1OC. The molecule has 8 nitrogen and oxygen atoms in total. The number of benzene rings is 1. The van der Waals surface area contributed by atoms with E-state index in [0.29, 0.717) is 17.9 Å². The van der Waals surface area contributed by atoms with Crippen LogP contribution in [-0.4, -0.2) is 67.0 Å². The Morgan fingerprint density at radius 3 is 2.58 bits per heavy atom. The van der Waals surface area contributed by atoms with Crippen molar-refractivity contribution in [1.29, 1.82) is 0 Å². The molecule has 0 unspecified atom stereocenters. The van der Waals surface area contributed by atoms with Gasteiger partial charge in [-0.15, -0.1) is 5.10 Å².